The van der Waals surface area contributed by atoms with Gasteiger partial charge in [0.05, 0.1) is 6.04 Å². The highest BCUT2D eigenvalue weighted by molar-refractivity contribution is 9.10. The average Bonchev–Trinajstić information content (AvgIpc) is 2.97. The third-order valence-electron chi connectivity index (χ3n) is 3.60. The molecule has 0 aliphatic heterocycles. The van der Waals surface area contributed by atoms with Gasteiger partial charge in [0.15, 0.2) is 4.67 Å². The number of hydrogen-bond acceptors (Lipinski definition) is 2. The van der Waals surface area contributed by atoms with Crippen LogP contribution < -0.4 is 5.32 Å². The van der Waals surface area contributed by atoms with E-state index in [-0.39, 0.29) is 6.04 Å². The minimum absolute atomic E-state index is 0.229. The second-order valence-electron chi connectivity index (χ2n) is 4.82. The molecule has 0 saturated carbocycles. The Bertz CT molecular complexity index is 549. The third-order valence-corrected chi connectivity index (χ3v) is 4.03. The normalized spacial score (nSPS) is 19.8. The highest BCUT2D eigenvalue weighted by Crippen LogP contribution is 2.33. The SMILES string of the molecule is CC(NC1CCc2ccccc21)c1ccc(Br)o1. The summed E-state index contributed by atoms with van der Waals surface area (Å²) in [6.45, 7) is 2.15. The van der Waals surface area contributed by atoms with Gasteiger partial charge in [-0.25, -0.2) is 0 Å². The van der Waals surface area contributed by atoms with E-state index in [1.807, 2.05) is 12.1 Å². The van der Waals surface area contributed by atoms with Crippen LogP contribution >= 0.6 is 15.9 Å². The number of halogens is 1. The van der Waals surface area contributed by atoms with E-state index in [0.717, 1.165) is 10.4 Å². The van der Waals surface area contributed by atoms with Crippen molar-refractivity contribution in [2.75, 3.05) is 0 Å². The van der Waals surface area contributed by atoms with E-state index in [0.29, 0.717) is 6.04 Å². The molecule has 2 nitrogen and oxygen atoms in total. The first-order chi connectivity index (χ1) is 8.74. The second-order valence-corrected chi connectivity index (χ2v) is 5.60. The minimum Gasteiger partial charge on any atom is -0.453 e. The van der Waals surface area contributed by atoms with Crippen LogP contribution in [0.25, 0.3) is 0 Å². The molecule has 1 aliphatic rings. The number of fused-ring (bicyclic) bond motifs is 1. The zero-order valence-corrected chi connectivity index (χ0v) is 11.9. The summed E-state index contributed by atoms with van der Waals surface area (Å²) in [6.07, 6.45) is 2.34. The lowest BCUT2D eigenvalue weighted by atomic mass is 10.1. The van der Waals surface area contributed by atoms with E-state index in [9.17, 15) is 0 Å². The molecule has 1 aromatic carbocycles. The Morgan fingerprint density at radius 2 is 2.11 bits per heavy atom. The van der Waals surface area contributed by atoms with E-state index in [1.165, 1.54) is 24.0 Å². The van der Waals surface area contributed by atoms with E-state index >= 15 is 0 Å². The molecule has 1 aliphatic carbocycles. The van der Waals surface area contributed by atoms with Crippen LogP contribution in [-0.4, -0.2) is 0 Å². The lowest BCUT2D eigenvalue weighted by Gasteiger charge is -2.18. The highest BCUT2D eigenvalue weighted by Gasteiger charge is 2.24. The van der Waals surface area contributed by atoms with Gasteiger partial charge in [-0.15, -0.1) is 0 Å². The first-order valence-electron chi connectivity index (χ1n) is 6.33. The molecule has 2 atom stereocenters. The van der Waals surface area contributed by atoms with Crippen molar-refractivity contribution in [1.82, 2.24) is 5.32 Å². The van der Waals surface area contributed by atoms with Crippen LogP contribution in [0.1, 0.15) is 42.3 Å². The number of nitrogens with one attached hydrogen (secondary N) is 1. The minimum atomic E-state index is 0.229. The summed E-state index contributed by atoms with van der Waals surface area (Å²) in [5, 5.41) is 3.65. The molecule has 3 heteroatoms. The van der Waals surface area contributed by atoms with Crippen molar-refractivity contribution in [2.24, 2.45) is 0 Å². The van der Waals surface area contributed by atoms with Gasteiger partial charge in [0.25, 0.3) is 0 Å². The van der Waals surface area contributed by atoms with Gasteiger partial charge in [0, 0.05) is 6.04 Å². The third kappa shape index (κ3) is 2.25. The highest BCUT2D eigenvalue weighted by atomic mass is 79.9. The zero-order chi connectivity index (χ0) is 12.5. The van der Waals surface area contributed by atoms with E-state index in [1.54, 1.807) is 0 Å². The first-order valence-corrected chi connectivity index (χ1v) is 7.12. The molecule has 1 heterocycles. The molecule has 1 N–H and O–H groups in total. The quantitative estimate of drug-likeness (QED) is 0.910. The molecule has 3 rings (SSSR count). The van der Waals surface area contributed by atoms with Gasteiger partial charge in [-0.2, -0.15) is 0 Å². The van der Waals surface area contributed by atoms with Gasteiger partial charge >= 0.3 is 0 Å². The molecule has 0 bridgehead atoms. The van der Waals surface area contributed by atoms with Crippen LogP contribution in [-0.2, 0) is 6.42 Å². The average molecular weight is 306 g/mol. The predicted octanol–water partition coefficient (Wildman–Crippen LogP) is 4.38. The van der Waals surface area contributed by atoms with Crippen molar-refractivity contribution in [2.45, 2.75) is 31.8 Å². The molecule has 2 unspecified atom stereocenters. The molecule has 2 aromatic rings. The molecule has 18 heavy (non-hydrogen) atoms. The van der Waals surface area contributed by atoms with Crippen molar-refractivity contribution >= 4 is 15.9 Å². The fourth-order valence-electron chi connectivity index (χ4n) is 2.68. The van der Waals surface area contributed by atoms with Gasteiger partial charge < -0.3 is 9.73 Å². The lowest BCUT2D eigenvalue weighted by Crippen LogP contribution is -2.22. The summed E-state index contributed by atoms with van der Waals surface area (Å²) in [5.74, 6) is 0.978. The van der Waals surface area contributed by atoms with Crippen molar-refractivity contribution < 1.29 is 4.42 Å². The number of aryl methyl sites for hydroxylation is 1. The van der Waals surface area contributed by atoms with Crippen LogP contribution in [0, 0.1) is 0 Å². The van der Waals surface area contributed by atoms with Gasteiger partial charge in [-0.1, -0.05) is 24.3 Å². The maximum absolute atomic E-state index is 5.60. The Labute approximate surface area is 116 Å². The summed E-state index contributed by atoms with van der Waals surface area (Å²) in [5.41, 5.74) is 2.91. The molecule has 0 saturated heterocycles. The Balaban J connectivity index is 1.75. The van der Waals surface area contributed by atoms with E-state index in [2.05, 4.69) is 52.4 Å². The Kier molecular flexibility index (Phi) is 3.27. The van der Waals surface area contributed by atoms with E-state index in [4.69, 9.17) is 4.42 Å². The van der Waals surface area contributed by atoms with Crippen molar-refractivity contribution in [3.63, 3.8) is 0 Å². The molecule has 1 aromatic heterocycles. The number of benzene rings is 1. The van der Waals surface area contributed by atoms with Crippen molar-refractivity contribution in [3.05, 3.63) is 58.0 Å². The predicted molar refractivity (Wildman–Crippen MR) is 75.5 cm³/mol. The molecule has 94 valence electrons. The van der Waals surface area contributed by atoms with Gasteiger partial charge in [0.2, 0.25) is 0 Å². The summed E-state index contributed by atoms with van der Waals surface area (Å²) >= 11 is 3.34. The molecule has 0 fully saturated rings. The Hall–Kier alpha value is -1.06. The molecule has 0 amide bonds. The fourth-order valence-corrected chi connectivity index (χ4v) is 2.99. The zero-order valence-electron chi connectivity index (χ0n) is 10.3. The largest absolute Gasteiger partial charge is 0.453 e. The topological polar surface area (TPSA) is 25.2 Å². The van der Waals surface area contributed by atoms with Crippen LogP contribution in [0.3, 0.4) is 0 Å². The number of hydrogen-bond donors (Lipinski definition) is 1. The smallest absolute Gasteiger partial charge is 0.169 e. The van der Waals surface area contributed by atoms with Gasteiger partial charge in [0.1, 0.15) is 5.76 Å². The van der Waals surface area contributed by atoms with Crippen molar-refractivity contribution in [3.8, 4) is 0 Å². The summed E-state index contributed by atoms with van der Waals surface area (Å²) in [6, 6.07) is 13.3. The van der Waals surface area contributed by atoms with Crippen LogP contribution in [0.4, 0.5) is 0 Å². The van der Waals surface area contributed by atoms with Crippen molar-refractivity contribution in [1.29, 1.82) is 0 Å². The monoisotopic (exact) mass is 305 g/mol. The Morgan fingerprint density at radius 3 is 2.89 bits per heavy atom. The standard InChI is InChI=1S/C15H16BrNO/c1-10(14-8-9-15(16)18-14)17-13-7-6-11-4-2-3-5-12(11)13/h2-5,8-10,13,17H,6-7H2,1H3. The van der Waals surface area contributed by atoms with Crippen LogP contribution in [0.5, 0.6) is 0 Å². The van der Waals surface area contributed by atoms with Gasteiger partial charge in [-0.05, 0) is 59.0 Å². The maximum Gasteiger partial charge on any atom is 0.169 e. The lowest BCUT2D eigenvalue weighted by molar-refractivity contribution is 0.383. The molecule has 0 radical (unpaired) electrons. The molecular formula is C15H16BrNO. The Morgan fingerprint density at radius 1 is 1.28 bits per heavy atom. The number of rotatable bonds is 3. The van der Waals surface area contributed by atoms with Crippen LogP contribution in [0.15, 0.2) is 45.5 Å². The van der Waals surface area contributed by atoms with Gasteiger partial charge in [-0.3, -0.25) is 0 Å². The maximum atomic E-state index is 5.60. The van der Waals surface area contributed by atoms with Crippen LogP contribution in [0.2, 0.25) is 0 Å². The number of furan rings is 1. The van der Waals surface area contributed by atoms with E-state index < -0.39 is 0 Å². The first kappa shape index (κ1) is 12.0. The summed E-state index contributed by atoms with van der Waals surface area (Å²) in [4.78, 5) is 0. The summed E-state index contributed by atoms with van der Waals surface area (Å²) < 4.78 is 6.39. The molecular weight excluding hydrogens is 290 g/mol. The second kappa shape index (κ2) is 4.90. The molecule has 0 spiro atoms. The fraction of sp³-hybridized carbons (Fsp3) is 0.333. The summed E-state index contributed by atoms with van der Waals surface area (Å²) in [7, 11) is 0.